The van der Waals surface area contributed by atoms with Gasteiger partial charge in [0.1, 0.15) is 11.5 Å². The molecule has 0 saturated heterocycles. The highest BCUT2D eigenvalue weighted by molar-refractivity contribution is 7.91. The topological polar surface area (TPSA) is 72.5 Å². The van der Waals surface area contributed by atoms with Crippen molar-refractivity contribution in [3.05, 3.63) is 66.2 Å². The number of nitrogens with one attached hydrogen (secondary N) is 1. The summed E-state index contributed by atoms with van der Waals surface area (Å²) in [5.74, 6) is -0.484. The second-order valence-electron chi connectivity index (χ2n) is 5.87. The molecule has 27 heavy (non-hydrogen) atoms. The smallest absolute Gasteiger partial charge is 0.416 e. The average molecular weight is 397 g/mol. The molecule has 3 rings (SSSR count). The second kappa shape index (κ2) is 6.73. The van der Waals surface area contributed by atoms with Gasteiger partial charge >= 0.3 is 6.18 Å². The molecule has 1 aliphatic rings. The highest BCUT2D eigenvalue weighted by Crippen LogP contribution is 2.37. The molecule has 9 heteroatoms. The van der Waals surface area contributed by atoms with Crippen molar-refractivity contribution in [2.24, 2.45) is 0 Å². The van der Waals surface area contributed by atoms with Crippen LogP contribution in [-0.2, 0) is 20.8 Å². The Morgan fingerprint density at radius 2 is 1.78 bits per heavy atom. The third kappa shape index (κ3) is 3.97. The number of rotatable bonds is 4. The van der Waals surface area contributed by atoms with Gasteiger partial charge in [0.05, 0.1) is 22.3 Å². The van der Waals surface area contributed by atoms with E-state index < -0.39 is 33.5 Å². The molecule has 0 saturated carbocycles. The van der Waals surface area contributed by atoms with Gasteiger partial charge in [-0.2, -0.15) is 13.2 Å². The number of amides is 1. The molecule has 142 valence electrons. The van der Waals surface area contributed by atoms with Crippen molar-refractivity contribution in [1.82, 2.24) is 5.32 Å². The summed E-state index contributed by atoms with van der Waals surface area (Å²) in [5.41, 5.74) is -0.392. The SMILES string of the molecule is C=CC(=O)NC1CS(=O)(=O)c2cc(Oc3ccc(C(F)(F)F)cc3)ccc21. The summed E-state index contributed by atoms with van der Waals surface area (Å²) in [6.45, 7) is 3.33. The molecule has 1 unspecified atom stereocenters. The fraction of sp³-hybridized carbons (Fsp3) is 0.167. The molecule has 1 atom stereocenters. The van der Waals surface area contributed by atoms with Crippen LogP contribution in [0.25, 0.3) is 0 Å². The van der Waals surface area contributed by atoms with Gasteiger partial charge in [0, 0.05) is 0 Å². The van der Waals surface area contributed by atoms with Gasteiger partial charge in [0.2, 0.25) is 5.91 Å². The molecule has 1 N–H and O–H groups in total. The minimum atomic E-state index is -4.45. The third-order valence-corrected chi connectivity index (χ3v) is 5.80. The highest BCUT2D eigenvalue weighted by Gasteiger charge is 2.36. The first-order chi connectivity index (χ1) is 12.6. The van der Waals surface area contributed by atoms with E-state index in [1.807, 2.05) is 0 Å². The minimum Gasteiger partial charge on any atom is -0.457 e. The average Bonchev–Trinajstić information content (AvgIpc) is 2.84. The Bertz CT molecular complexity index is 998. The van der Waals surface area contributed by atoms with Crippen LogP contribution in [0.5, 0.6) is 11.5 Å². The van der Waals surface area contributed by atoms with Gasteiger partial charge in [-0.25, -0.2) is 8.42 Å². The molecular weight excluding hydrogens is 383 g/mol. The van der Waals surface area contributed by atoms with Crippen molar-refractivity contribution >= 4 is 15.7 Å². The minimum absolute atomic E-state index is 0.0151. The monoisotopic (exact) mass is 397 g/mol. The molecule has 5 nitrogen and oxygen atoms in total. The Labute approximate surface area is 153 Å². The fourth-order valence-corrected chi connectivity index (χ4v) is 4.48. The largest absolute Gasteiger partial charge is 0.457 e. The van der Waals surface area contributed by atoms with Crippen LogP contribution in [0.3, 0.4) is 0 Å². The van der Waals surface area contributed by atoms with E-state index in [9.17, 15) is 26.4 Å². The molecule has 0 radical (unpaired) electrons. The molecule has 2 aromatic carbocycles. The number of carbonyl (C=O) groups is 1. The van der Waals surface area contributed by atoms with Crippen LogP contribution < -0.4 is 10.1 Å². The number of fused-ring (bicyclic) bond motifs is 1. The summed E-state index contributed by atoms with van der Waals surface area (Å²) in [7, 11) is -3.63. The number of alkyl halides is 3. The van der Waals surface area contributed by atoms with Crippen molar-refractivity contribution in [3.63, 3.8) is 0 Å². The Hall–Kier alpha value is -2.81. The zero-order valence-electron chi connectivity index (χ0n) is 13.8. The first kappa shape index (κ1) is 19.0. The lowest BCUT2D eigenvalue weighted by atomic mass is 10.1. The first-order valence-electron chi connectivity index (χ1n) is 7.75. The summed E-state index contributed by atoms with van der Waals surface area (Å²) in [5, 5.41) is 2.55. The maximum absolute atomic E-state index is 12.6. The summed E-state index contributed by atoms with van der Waals surface area (Å²) >= 11 is 0. The van der Waals surface area contributed by atoms with E-state index >= 15 is 0 Å². The predicted octanol–water partition coefficient (Wildman–Crippen LogP) is 3.63. The normalized spacial score (nSPS) is 17.8. The standard InChI is InChI=1S/C18H14F3NO4S/c1-2-17(23)22-15-10-27(24,25)16-9-13(7-8-14(15)16)26-12-5-3-11(4-6-12)18(19,20)21/h2-9,15H,1,10H2,(H,22,23). The van der Waals surface area contributed by atoms with Gasteiger partial charge in [-0.1, -0.05) is 12.6 Å². The summed E-state index contributed by atoms with van der Waals surface area (Å²) < 4.78 is 67.9. The highest BCUT2D eigenvalue weighted by atomic mass is 32.2. The summed E-state index contributed by atoms with van der Waals surface area (Å²) in [6, 6.07) is 7.64. The van der Waals surface area contributed by atoms with Gasteiger partial charge in [-0.3, -0.25) is 4.79 Å². The van der Waals surface area contributed by atoms with Gasteiger partial charge in [0.15, 0.2) is 9.84 Å². The van der Waals surface area contributed by atoms with Gasteiger partial charge < -0.3 is 10.1 Å². The van der Waals surface area contributed by atoms with Crippen LogP contribution in [0.1, 0.15) is 17.2 Å². The number of carbonyl (C=O) groups excluding carboxylic acids is 1. The van der Waals surface area contributed by atoms with E-state index in [1.165, 1.54) is 18.2 Å². The number of hydrogen-bond donors (Lipinski definition) is 1. The van der Waals surface area contributed by atoms with Gasteiger partial charge in [0.25, 0.3) is 0 Å². The summed E-state index contributed by atoms with van der Waals surface area (Å²) in [6.07, 6.45) is -3.40. The molecule has 1 aliphatic heterocycles. The van der Waals surface area contributed by atoms with Crippen LogP contribution >= 0.6 is 0 Å². The number of sulfone groups is 1. The first-order valence-corrected chi connectivity index (χ1v) is 9.40. The van der Waals surface area contributed by atoms with Crippen LogP contribution in [0.15, 0.2) is 60.0 Å². The lowest BCUT2D eigenvalue weighted by Gasteiger charge is -2.12. The van der Waals surface area contributed by atoms with Crippen LogP contribution in [0.4, 0.5) is 13.2 Å². The molecule has 0 aromatic heterocycles. The van der Waals surface area contributed by atoms with E-state index in [0.717, 1.165) is 30.3 Å². The molecule has 2 aromatic rings. The quantitative estimate of drug-likeness (QED) is 0.800. The fourth-order valence-electron chi connectivity index (χ4n) is 2.73. The number of hydrogen-bond acceptors (Lipinski definition) is 4. The Morgan fingerprint density at radius 3 is 2.37 bits per heavy atom. The maximum atomic E-state index is 12.6. The van der Waals surface area contributed by atoms with Crippen LogP contribution in [0, 0.1) is 0 Å². The van der Waals surface area contributed by atoms with E-state index in [0.29, 0.717) is 5.56 Å². The number of ether oxygens (including phenoxy) is 1. The predicted molar refractivity (Wildman–Crippen MR) is 91.1 cm³/mol. The van der Waals surface area contributed by atoms with Crippen molar-refractivity contribution in [3.8, 4) is 11.5 Å². The Morgan fingerprint density at radius 1 is 1.15 bits per heavy atom. The number of benzene rings is 2. The van der Waals surface area contributed by atoms with E-state index in [2.05, 4.69) is 11.9 Å². The molecule has 1 heterocycles. The molecule has 0 fully saturated rings. The van der Waals surface area contributed by atoms with Gasteiger partial charge in [-0.05, 0) is 48.0 Å². The van der Waals surface area contributed by atoms with Crippen molar-refractivity contribution in [2.45, 2.75) is 17.1 Å². The molecule has 0 bridgehead atoms. The molecule has 1 amide bonds. The van der Waals surface area contributed by atoms with Crippen molar-refractivity contribution in [2.75, 3.05) is 5.75 Å². The summed E-state index contributed by atoms with van der Waals surface area (Å²) in [4.78, 5) is 11.5. The van der Waals surface area contributed by atoms with Crippen LogP contribution in [0.2, 0.25) is 0 Å². The van der Waals surface area contributed by atoms with Crippen molar-refractivity contribution < 1.29 is 31.1 Å². The molecule has 0 spiro atoms. The van der Waals surface area contributed by atoms with E-state index in [-0.39, 0.29) is 22.1 Å². The number of halogens is 3. The molecule has 0 aliphatic carbocycles. The van der Waals surface area contributed by atoms with E-state index in [4.69, 9.17) is 4.74 Å². The zero-order valence-corrected chi connectivity index (χ0v) is 14.6. The van der Waals surface area contributed by atoms with Crippen LogP contribution in [-0.4, -0.2) is 20.1 Å². The Balaban J connectivity index is 1.86. The van der Waals surface area contributed by atoms with E-state index in [1.54, 1.807) is 0 Å². The lowest BCUT2D eigenvalue weighted by molar-refractivity contribution is -0.137. The lowest BCUT2D eigenvalue weighted by Crippen LogP contribution is -2.27. The third-order valence-electron chi connectivity index (χ3n) is 4.00. The zero-order chi connectivity index (χ0) is 19.8. The Kier molecular flexibility index (Phi) is 4.73. The molecular formula is C18H14F3NO4S. The van der Waals surface area contributed by atoms with Gasteiger partial charge in [-0.15, -0.1) is 0 Å². The maximum Gasteiger partial charge on any atom is 0.416 e. The second-order valence-corrected chi connectivity index (χ2v) is 7.87. The van der Waals surface area contributed by atoms with Crippen molar-refractivity contribution in [1.29, 1.82) is 0 Å².